The zero-order valence-corrected chi connectivity index (χ0v) is 15.6. The van der Waals surface area contributed by atoms with E-state index in [0.29, 0.717) is 37.0 Å². The number of hydrogen-bond donors (Lipinski definition) is 2. The topological polar surface area (TPSA) is 52.9 Å². The average molecular weight is 388 g/mol. The molecule has 4 nitrogen and oxygen atoms in total. The molecule has 4 rings (SSSR count). The average Bonchev–Trinajstić information content (AvgIpc) is 3.07. The molecule has 1 aromatic heterocycles. The van der Waals surface area contributed by atoms with Gasteiger partial charge in [0.1, 0.15) is 12.4 Å². The van der Waals surface area contributed by atoms with Crippen molar-refractivity contribution in [2.75, 3.05) is 13.2 Å². The van der Waals surface area contributed by atoms with Crippen molar-refractivity contribution >= 4 is 22.9 Å². The van der Waals surface area contributed by atoms with Gasteiger partial charge in [-0.1, -0.05) is 17.7 Å². The lowest BCUT2D eigenvalue weighted by Crippen LogP contribution is -2.25. The molecule has 0 saturated carbocycles. The molecule has 0 radical (unpaired) electrons. The molecule has 134 valence electrons. The van der Waals surface area contributed by atoms with Crippen LogP contribution >= 0.6 is 22.9 Å². The lowest BCUT2D eigenvalue weighted by molar-refractivity contribution is 0.215. The highest BCUT2D eigenvalue weighted by Gasteiger charge is 2.21. The highest BCUT2D eigenvalue weighted by atomic mass is 35.5. The van der Waals surface area contributed by atoms with Crippen LogP contribution in [0, 0.1) is 0 Å². The molecule has 6 heteroatoms. The second-order valence-corrected chi connectivity index (χ2v) is 7.68. The van der Waals surface area contributed by atoms with Crippen LogP contribution in [0.5, 0.6) is 17.2 Å². The Morgan fingerprint density at radius 3 is 2.81 bits per heavy atom. The Bertz CT molecular complexity index is 927. The van der Waals surface area contributed by atoms with E-state index < -0.39 is 0 Å². The van der Waals surface area contributed by atoms with E-state index in [-0.39, 0.29) is 11.5 Å². The van der Waals surface area contributed by atoms with E-state index in [1.165, 1.54) is 0 Å². The van der Waals surface area contributed by atoms with Gasteiger partial charge >= 0.3 is 0 Å². The zero-order valence-electron chi connectivity index (χ0n) is 14.0. The van der Waals surface area contributed by atoms with Gasteiger partial charge in [-0.05, 0) is 47.3 Å². The van der Waals surface area contributed by atoms with Gasteiger partial charge in [0, 0.05) is 40.7 Å². The van der Waals surface area contributed by atoms with Gasteiger partial charge in [0.25, 0.3) is 0 Å². The molecule has 2 heterocycles. The number of aromatic hydroxyl groups is 2. The first kappa shape index (κ1) is 17.2. The summed E-state index contributed by atoms with van der Waals surface area (Å²) < 4.78 is 5.80. The van der Waals surface area contributed by atoms with Gasteiger partial charge in [-0.25, -0.2) is 0 Å². The van der Waals surface area contributed by atoms with E-state index >= 15 is 0 Å². The Balaban J connectivity index is 1.64. The highest BCUT2D eigenvalue weighted by Crippen LogP contribution is 2.39. The van der Waals surface area contributed by atoms with Crippen molar-refractivity contribution in [3.63, 3.8) is 0 Å². The fourth-order valence-electron chi connectivity index (χ4n) is 3.19. The van der Waals surface area contributed by atoms with Gasteiger partial charge in [0.05, 0.1) is 0 Å². The van der Waals surface area contributed by atoms with Crippen molar-refractivity contribution in [1.29, 1.82) is 0 Å². The van der Waals surface area contributed by atoms with Crippen molar-refractivity contribution in [3.8, 4) is 27.7 Å². The minimum absolute atomic E-state index is 0.165. The summed E-state index contributed by atoms with van der Waals surface area (Å²) in [6.45, 7) is 2.34. The number of rotatable bonds is 3. The standard InChI is InChI=1S/C20H18ClNO3S/c21-16-3-4-17(23)14(9-16)11-22-5-6-25-20-15(12-22)8-13(10-18(20)24)19-2-1-7-26-19/h1-4,7-10,23-24H,5-6,11-12H2. The van der Waals surface area contributed by atoms with Crippen LogP contribution in [0.15, 0.2) is 47.8 Å². The summed E-state index contributed by atoms with van der Waals surface area (Å²) in [5, 5.41) is 23.1. The number of fused-ring (bicyclic) bond motifs is 1. The van der Waals surface area contributed by atoms with E-state index in [4.69, 9.17) is 16.3 Å². The van der Waals surface area contributed by atoms with Crippen molar-refractivity contribution in [2.45, 2.75) is 13.1 Å². The summed E-state index contributed by atoms with van der Waals surface area (Å²) in [6.07, 6.45) is 0. The molecule has 0 spiro atoms. The predicted octanol–water partition coefficient (Wildman–Crippen LogP) is 4.87. The van der Waals surface area contributed by atoms with Gasteiger partial charge in [-0.3, -0.25) is 4.90 Å². The summed E-state index contributed by atoms with van der Waals surface area (Å²) >= 11 is 7.69. The molecule has 26 heavy (non-hydrogen) atoms. The van der Waals surface area contributed by atoms with Crippen molar-refractivity contribution in [3.05, 3.63) is 64.0 Å². The van der Waals surface area contributed by atoms with Crippen LogP contribution in [0.1, 0.15) is 11.1 Å². The summed E-state index contributed by atoms with van der Waals surface area (Å²) in [7, 11) is 0. The maximum atomic E-state index is 10.4. The molecule has 3 aromatic rings. The number of ether oxygens (including phenoxy) is 1. The Hall–Kier alpha value is -2.21. The molecule has 0 bridgehead atoms. The minimum atomic E-state index is 0.165. The molecule has 0 aliphatic carbocycles. The third-order valence-electron chi connectivity index (χ3n) is 4.44. The van der Waals surface area contributed by atoms with Crippen LogP contribution in [-0.2, 0) is 13.1 Å². The number of thiophene rings is 1. The molecule has 0 saturated heterocycles. The zero-order chi connectivity index (χ0) is 18.1. The summed E-state index contributed by atoms with van der Waals surface area (Å²) in [6, 6.07) is 12.9. The molecular formula is C20H18ClNO3S. The van der Waals surface area contributed by atoms with Crippen LogP contribution in [-0.4, -0.2) is 28.3 Å². The SMILES string of the molecule is Oc1ccc(Cl)cc1CN1CCOc2c(O)cc(-c3cccs3)cc2C1. The lowest BCUT2D eigenvalue weighted by Gasteiger charge is -2.20. The van der Waals surface area contributed by atoms with Crippen LogP contribution in [0.3, 0.4) is 0 Å². The Kier molecular flexibility index (Phi) is 4.76. The number of benzene rings is 2. The fraction of sp³-hybridized carbons (Fsp3) is 0.200. The number of halogens is 1. The Labute approximate surface area is 160 Å². The summed E-state index contributed by atoms with van der Waals surface area (Å²) in [5.74, 6) is 0.941. The molecular weight excluding hydrogens is 370 g/mol. The van der Waals surface area contributed by atoms with E-state index in [1.54, 1.807) is 35.6 Å². The predicted molar refractivity (Wildman–Crippen MR) is 104 cm³/mol. The molecule has 1 aliphatic rings. The molecule has 0 amide bonds. The van der Waals surface area contributed by atoms with Gasteiger partial charge in [0.15, 0.2) is 11.5 Å². The van der Waals surface area contributed by atoms with Crippen LogP contribution in [0.2, 0.25) is 5.02 Å². The molecule has 1 aliphatic heterocycles. The summed E-state index contributed by atoms with van der Waals surface area (Å²) in [5.41, 5.74) is 2.69. The fourth-order valence-corrected chi connectivity index (χ4v) is 4.10. The number of phenols is 2. The van der Waals surface area contributed by atoms with Gasteiger partial charge < -0.3 is 14.9 Å². The molecule has 0 unspecified atom stereocenters. The van der Waals surface area contributed by atoms with Crippen molar-refractivity contribution in [2.24, 2.45) is 0 Å². The smallest absolute Gasteiger partial charge is 0.165 e. The third-order valence-corrected chi connectivity index (χ3v) is 5.59. The molecule has 0 fully saturated rings. The maximum absolute atomic E-state index is 10.4. The van der Waals surface area contributed by atoms with Gasteiger partial charge in [0.2, 0.25) is 0 Å². The summed E-state index contributed by atoms with van der Waals surface area (Å²) in [4.78, 5) is 3.28. The Morgan fingerprint density at radius 1 is 1.12 bits per heavy atom. The van der Waals surface area contributed by atoms with Crippen LogP contribution in [0.25, 0.3) is 10.4 Å². The van der Waals surface area contributed by atoms with Crippen LogP contribution in [0.4, 0.5) is 0 Å². The first-order chi connectivity index (χ1) is 12.6. The minimum Gasteiger partial charge on any atom is -0.508 e. The van der Waals surface area contributed by atoms with Crippen molar-refractivity contribution < 1.29 is 14.9 Å². The quantitative estimate of drug-likeness (QED) is 0.672. The van der Waals surface area contributed by atoms with Gasteiger partial charge in [-0.2, -0.15) is 0 Å². The highest BCUT2D eigenvalue weighted by molar-refractivity contribution is 7.13. The van der Waals surface area contributed by atoms with E-state index in [0.717, 1.165) is 21.6 Å². The second kappa shape index (κ2) is 7.19. The Morgan fingerprint density at radius 2 is 2.00 bits per heavy atom. The van der Waals surface area contributed by atoms with E-state index in [1.807, 2.05) is 17.5 Å². The second-order valence-electron chi connectivity index (χ2n) is 6.29. The number of phenolic OH excluding ortho intramolecular Hbond substituents is 2. The van der Waals surface area contributed by atoms with Crippen LogP contribution < -0.4 is 4.74 Å². The van der Waals surface area contributed by atoms with Crippen molar-refractivity contribution in [1.82, 2.24) is 4.90 Å². The molecule has 0 atom stereocenters. The largest absolute Gasteiger partial charge is 0.508 e. The van der Waals surface area contributed by atoms with Gasteiger partial charge in [-0.15, -0.1) is 11.3 Å². The van der Waals surface area contributed by atoms with E-state index in [2.05, 4.69) is 11.0 Å². The van der Waals surface area contributed by atoms with E-state index in [9.17, 15) is 10.2 Å². The lowest BCUT2D eigenvalue weighted by atomic mass is 10.1. The first-order valence-corrected chi connectivity index (χ1v) is 9.58. The number of hydrogen-bond acceptors (Lipinski definition) is 5. The molecule has 2 aromatic carbocycles. The first-order valence-electron chi connectivity index (χ1n) is 8.32. The third kappa shape index (κ3) is 3.51. The molecule has 2 N–H and O–H groups in total. The monoisotopic (exact) mass is 387 g/mol. The number of nitrogens with zero attached hydrogens (tertiary/aromatic N) is 1. The maximum Gasteiger partial charge on any atom is 0.165 e. The normalized spacial score (nSPS) is 14.5.